The van der Waals surface area contributed by atoms with E-state index in [1.807, 2.05) is 6.92 Å². The fraction of sp³-hybridized carbons (Fsp3) is 0.538. The third-order valence-electron chi connectivity index (χ3n) is 3.33. The molecule has 0 N–H and O–H groups in total. The van der Waals surface area contributed by atoms with Gasteiger partial charge in [0, 0.05) is 23.4 Å². The first-order chi connectivity index (χ1) is 9.48. The second-order valence-electron chi connectivity index (χ2n) is 4.66. The topological polar surface area (TPSA) is 46.6 Å². The van der Waals surface area contributed by atoms with Crippen molar-refractivity contribution in [2.24, 2.45) is 0 Å². The third kappa shape index (κ3) is 3.36. The lowest BCUT2D eigenvalue weighted by Gasteiger charge is -2.31. The molecule has 112 valence electrons. The number of benzene rings is 1. The standard InChI is InChI=1S/C13H17BrClNO3S/c1-2-11-9-16(5-6-19-11)20(17,18)13-4-3-10(8-15)7-12(13)14/h3-4,7,11H,2,5-6,8-9H2,1H3. The maximum atomic E-state index is 12.7. The lowest BCUT2D eigenvalue weighted by molar-refractivity contribution is -0.00279. The number of nitrogens with zero attached hydrogens (tertiary/aromatic N) is 1. The van der Waals surface area contributed by atoms with E-state index in [2.05, 4.69) is 15.9 Å². The Bertz CT molecular complexity index is 579. The van der Waals surface area contributed by atoms with E-state index in [-0.39, 0.29) is 11.0 Å². The molecule has 20 heavy (non-hydrogen) atoms. The number of ether oxygens (including phenoxy) is 1. The van der Waals surface area contributed by atoms with Gasteiger partial charge in [-0.25, -0.2) is 8.42 Å². The van der Waals surface area contributed by atoms with Crippen LogP contribution in [0.1, 0.15) is 18.9 Å². The molecule has 1 aliphatic rings. The fourth-order valence-electron chi connectivity index (χ4n) is 2.13. The Balaban J connectivity index is 2.30. The quantitative estimate of drug-likeness (QED) is 0.752. The van der Waals surface area contributed by atoms with Gasteiger partial charge >= 0.3 is 0 Å². The van der Waals surface area contributed by atoms with Crippen LogP contribution in [0, 0.1) is 0 Å². The highest BCUT2D eigenvalue weighted by Crippen LogP contribution is 2.28. The van der Waals surface area contributed by atoms with Gasteiger partial charge in [-0.2, -0.15) is 4.31 Å². The summed E-state index contributed by atoms with van der Waals surface area (Å²) in [6.45, 7) is 3.23. The van der Waals surface area contributed by atoms with Gasteiger partial charge < -0.3 is 4.74 Å². The molecule has 1 saturated heterocycles. The highest BCUT2D eigenvalue weighted by molar-refractivity contribution is 9.10. The summed E-state index contributed by atoms with van der Waals surface area (Å²) in [7, 11) is -3.50. The van der Waals surface area contributed by atoms with Crippen molar-refractivity contribution in [1.82, 2.24) is 4.31 Å². The number of sulfonamides is 1. The second-order valence-corrected chi connectivity index (χ2v) is 7.69. The summed E-state index contributed by atoms with van der Waals surface area (Å²) in [5, 5.41) is 0. The normalized spacial score (nSPS) is 21.1. The van der Waals surface area contributed by atoms with Crippen LogP contribution in [0.2, 0.25) is 0 Å². The minimum absolute atomic E-state index is 0.0283. The van der Waals surface area contributed by atoms with Gasteiger partial charge in [0.2, 0.25) is 10.0 Å². The third-order valence-corrected chi connectivity index (χ3v) is 6.48. The van der Waals surface area contributed by atoms with Gasteiger partial charge in [0.15, 0.2) is 0 Å². The summed E-state index contributed by atoms with van der Waals surface area (Å²) in [6, 6.07) is 5.09. The molecular weight excluding hydrogens is 366 g/mol. The largest absolute Gasteiger partial charge is 0.375 e. The molecule has 1 unspecified atom stereocenters. The second kappa shape index (κ2) is 6.75. The van der Waals surface area contributed by atoms with Crippen molar-refractivity contribution in [3.8, 4) is 0 Å². The highest BCUT2D eigenvalue weighted by atomic mass is 79.9. The van der Waals surface area contributed by atoms with Crippen LogP contribution in [0.25, 0.3) is 0 Å². The number of alkyl halides is 1. The number of hydrogen-bond donors (Lipinski definition) is 0. The predicted molar refractivity (Wildman–Crippen MR) is 82.5 cm³/mol. The molecule has 0 radical (unpaired) electrons. The summed E-state index contributed by atoms with van der Waals surface area (Å²) in [4.78, 5) is 0.281. The molecule has 1 fully saturated rings. The van der Waals surface area contributed by atoms with Crippen LogP contribution in [0.3, 0.4) is 0 Å². The Morgan fingerprint density at radius 2 is 2.25 bits per heavy atom. The predicted octanol–water partition coefficient (Wildman–Crippen LogP) is 2.99. The molecule has 0 amide bonds. The highest BCUT2D eigenvalue weighted by Gasteiger charge is 2.31. The molecule has 1 aromatic rings. The molecule has 0 saturated carbocycles. The number of morpholine rings is 1. The molecule has 2 rings (SSSR count). The molecule has 0 aliphatic carbocycles. The zero-order chi connectivity index (χ0) is 14.8. The minimum atomic E-state index is -3.50. The van der Waals surface area contributed by atoms with Crippen molar-refractivity contribution < 1.29 is 13.2 Å². The number of rotatable bonds is 4. The minimum Gasteiger partial charge on any atom is -0.375 e. The first-order valence-electron chi connectivity index (χ1n) is 6.45. The Morgan fingerprint density at radius 3 is 2.85 bits per heavy atom. The number of halogens is 2. The van der Waals surface area contributed by atoms with Gasteiger partial charge in [-0.15, -0.1) is 11.6 Å². The monoisotopic (exact) mass is 381 g/mol. The van der Waals surface area contributed by atoms with E-state index in [0.717, 1.165) is 12.0 Å². The van der Waals surface area contributed by atoms with Crippen LogP contribution in [-0.4, -0.2) is 38.5 Å². The zero-order valence-corrected chi connectivity index (χ0v) is 14.3. The summed E-state index contributed by atoms with van der Waals surface area (Å²) < 4.78 is 32.9. The van der Waals surface area contributed by atoms with Crippen LogP contribution in [0.4, 0.5) is 0 Å². The first-order valence-corrected chi connectivity index (χ1v) is 9.22. The molecule has 1 aromatic carbocycles. The number of hydrogen-bond acceptors (Lipinski definition) is 3. The maximum Gasteiger partial charge on any atom is 0.244 e. The first kappa shape index (κ1) is 16.2. The average Bonchev–Trinajstić information content (AvgIpc) is 2.46. The molecule has 0 aromatic heterocycles. The van der Waals surface area contributed by atoms with Crippen molar-refractivity contribution in [1.29, 1.82) is 0 Å². The van der Waals surface area contributed by atoms with Gasteiger partial charge in [0.1, 0.15) is 0 Å². The van der Waals surface area contributed by atoms with E-state index >= 15 is 0 Å². The molecule has 7 heteroatoms. The van der Waals surface area contributed by atoms with E-state index < -0.39 is 10.0 Å². The Labute approximate surface area is 133 Å². The Kier molecular flexibility index (Phi) is 5.48. The Hall–Kier alpha value is -0.140. The average molecular weight is 383 g/mol. The molecular formula is C13H17BrClNO3S. The van der Waals surface area contributed by atoms with E-state index in [4.69, 9.17) is 16.3 Å². The summed E-state index contributed by atoms with van der Waals surface area (Å²) >= 11 is 9.08. The summed E-state index contributed by atoms with van der Waals surface area (Å²) in [5.41, 5.74) is 0.880. The van der Waals surface area contributed by atoms with Crippen molar-refractivity contribution in [3.05, 3.63) is 28.2 Å². The van der Waals surface area contributed by atoms with Crippen LogP contribution < -0.4 is 0 Å². The molecule has 1 atom stereocenters. The van der Waals surface area contributed by atoms with Gasteiger partial charge in [-0.3, -0.25) is 0 Å². The lowest BCUT2D eigenvalue weighted by atomic mass is 10.2. The summed E-state index contributed by atoms with van der Waals surface area (Å²) in [5.74, 6) is 0.356. The summed E-state index contributed by atoms with van der Waals surface area (Å²) in [6.07, 6.45) is 0.776. The van der Waals surface area contributed by atoms with E-state index in [1.54, 1.807) is 18.2 Å². The van der Waals surface area contributed by atoms with Crippen LogP contribution >= 0.6 is 27.5 Å². The zero-order valence-electron chi connectivity index (χ0n) is 11.2. The van der Waals surface area contributed by atoms with Crippen molar-refractivity contribution in [2.45, 2.75) is 30.2 Å². The van der Waals surface area contributed by atoms with Gasteiger partial charge in [0.25, 0.3) is 0 Å². The van der Waals surface area contributed by atoms with E-state index in [9.17, 15) is 8.42 Å². The van der Waals surface area contributed by atoms with Crippen LogP contribution in [0.5, 0.6) is 0 Å². The molecule has 4 nitrogen and oxygen atoms in total. The SMILES string of the molecule is CCC1CN(S(=O)(=O)c2ccc(CCl)cc2Br)CCO1. The lowest BCUT2D eigenvalue weighted by Crippen LogP contribution is -2.45. The molecule has 1 heterocycles. The van der Waals surface area contributed by atoms with Crippen LogP contribution in [0.15, 0.2) is 27.6 Å². The maximum absolute atomic E-state index is 12.7. The fourth-order valence-corrected chi connectivity index (χ4v) is 4.84. The molecule has 0 spiro atoms. The van der Waals surface area contributed by atoms with E-state index in [0.29, 0.717) is 30.0 Å². The molecule has 0 bridgehead atoms. The van der Waals surface area contributed by atoms with Gasteiger partial charge in [-0.1, -0.05) is 13.0 Å². The van der Waals surface area contributed by atoms with Crippen molar-refractivity contribution in [2.75, 3.05) is 19.7 Å². The van der Waals surface area contributed by atoms with Gasteiger partial charge in [0.05, 0.1) is 17.6 Å². The smallest absolute Gasteiger partial charge is 0.244 e. The van der Waals surface area contributed by atoms with Gasteiger partial charge in [-0.05, 0) is 40.0 Å². The van der Waals surface area contributed by atoms with E-state index in [1.165, 1.54) is 4.31 Å². The van der Waals surface area contributed by atoms with Crippen molar-refractivity contribution in [3.63, 3.8) is 0 Å². The Morgan fingerprint density at radius 1 is 1.50 bits per heavy atom. The van der Waals surface area contributed by atoms with Crippen LogP contribution in [-0.2, 0) is 20.6 Å². The van der Waals surface area contributed by atoms with Crippen molar-refractivity contribution >= 4 is 37.6 Å². The molecule has 1 aliphatic heterocycles.